The number of carbonyl (C=O) groups is 3. The number of nitrogens with one attached hydrogen (secondary N) is 3. The summed E-state index contributed by atoms with van der Waals surface area (Å²) in [6.07, 6.45) is -1.03. The second-order valence-corrected chi connectivity index (χ2v) is 9.35. The zero-order chi connectivity index (χ0) is 28.3. The highest BCUT2D eigenvalue weighted by atomic mass is 32.2. The highest BCUT2D eigenvalue weighted by Crippen LogP contribution is 2.15. The van der Waals surface area contributed by atoms with Gasteiger partial charge in [0, 0.05) is 12.6 Å². The van der Waals surface area contributed by atoms with Crippen LogP contribution in [0.25, 0.3) is 0 Å². The molecule has 0 saturated heterocycles. The van der Waals surface area contributed by atoms with Gasteiger partial charge in [-0.1, -0.05) is 12.1 Å². The van der Waals surface area contributed by atoms with Crippen molar-refractivity contribution in [2.24, 2.45) is 10.9 Å². The van der Waals surface area contributed by atoms with Gasteiger partial charge in [-0.15, -0.1) is 0 Å². The molecule has 0 aliphatic rings. The Morgan fingerprint density at radius 3 is 2.53 bits per heavy atom. The number of carbonyl (C=O) groups excluding carboxylic acids is 3. The Labute approximate surface area is 218 Å². The molecule has 0 radical (unpaired) electrons. The van der Waals surface area contributed by atoms with Gasteiger partial charge in [-0.25, -0.2) is 13.2 Å². The maximum Gasteiger partial charge on any atom is 0.416 e. The Kier molecular flexibility index (Phi) is 10.6. The van der Waals surface area contributed by atoms with Crippen LogP contribution in [0.4, 0.5) is 10.5 Å². The summed E-state index contributed by atoms with van der Waals surface area (Å²) in [6, 6.07) is 9.04. The second kappa shape index (κ2) is 13.6. The van der Waals surface area contributed by atoms with Crippen LogP contribution < -0.4 is 26.6 Å². The predicted molar refractivity (Wildman–Crippen MR) is 134 cm³/mol. The number of aryl methyl sites for hydroxylation is 2. The lowest BCUT2D eigenvalue weighted by molar-refractivity contribution is -0.149. The summed E-state index contributed by atoms with van der Waals surface area (Å²) >= 11 is 0. The van der Waals surface area contributed by atoms with Gasteiger partial charge in [-0.05, 0) is 48.8 Å². The van der Waals surface area contributed by atoms with E-state index in [1.807, 2.05) is 5.32 Å². The van der Waals surface area contributed by atoms with E-state index in [1.54, 1.807) is 26.0 Å². The number of sulfonamides is 1. The van der Waals surface area contributed by atoms with Crippen molar-refractivity contribution >= 4 is 39.6 Å². The molecular formula is C22H28N6O9S. The summed E-state index contributed by atoms with van der Waals surface area (Å²) < 4.78 is 37.7. The van der Waals surface area contributed by atoms with Gasteiger partial charge >= 0.3 is 12.1 Å². The summed E-state index contributed by atoms with van der Waals surface area (Å²) in [5.41, 5.74) is 5.68. The van der Waals surface area contributed by atoms with Crippen LogP contribution in [0.3, 0.4) is 0 Å². The molecule has 2 aromatic rings. The molecule has 5 N–H and O–H groups in total. The van der Waals surface area contributed by atoms with Crippen molar-refractivity contribution in [1.29, 1.82) is 0 Å². The van der Waals surface area contributed by atoms with Crippen molar-refractivity contribution in [3.05, 3.63) is 58.0 Å². The summed E-state index contributed by atoms with van der Waals surface area (Å²) in [5, 5.41) is 7.91. The molecule has 0 unspecified atom stereocenters. The molecular weight excluding hydrogens is 524 g/mol. The van der Waals surface area contributed by atoms with E-state index in [0.29, 0.717) is 5.69 Å². The summed E-state index contributed by atoms with van der Waals surface area (Å²) in [7, 11) is -4.02. The number of pyridine rings is 1. The summed E-state index contributed by atoms with van der Waals surface area (Å²) in [5.74, 6) is -1.64. The van der Waals surface area contributed by atoms with Crippen molar-refractivity contribution in [2.45, 2.75) is 32.2 Å². The minimum atomic E-state index is -4.02. The Morgan fingerprint density at radius 2 is 1.84 bits per heavy atom. The normalized spacial score (nSPS) is 11.3. The molecule has 0 saturated carbocycles. The van der Waals surface area contributed by atoms with Crippen LogP contribution in [0.5, 0.6) is 0 Å². The number of nitrogens with two attached hydrogens (primary N) is 1. The third-order valence-corrected chi connectivity index (χ3v) is 5.96. The molecule has 2 rings (SSSR count). The van der Waals surface area contributed by atoms with E-state index >= 15 is 0 Å². The molecule has 15 nitrogen and oxygen atoms in total. The van der Waals surface area contributed by atoms with Crippen LogP contribution in [0.15, 0.2) is 51.2 Å². The van der Waals surface area contributed by atoms with E-state index in [4.69, 9.17) is 10.6 Å². The standard InChI is InChI=1S/C22H28N6O9S/c1-14-5-4-6-17(11-14)38(33,34)27-18-8-7-15(2)28(20(18)31)12-19(30)24-9-10-37-26-21(23)25-22(32)36-13-35-16(3)29/h4-8,11,27H,9-10,12-13H2,1-3H3,(H,24,30)(H3,23,25,26,32). The number of ether oxygens (including phenoxy) is 2. The Morgan fingerprint density at radius 1 is 1.11 bits per heavy atom. The van der Waals surface area contributed by atoms with E-state index < -0.39 is 46.3 Å². The van der Waals surface area contributed by atoms with Gasteiger partial charge in [0.25, 0.3) is 15.6 Å². The average molecular weight is 553 g/mol. The number of esters is 1. The monoisotopic (exact) mass is 552 g/mol. The van der Waals surface area contributed by atoms with E-state index in [2.05, 4.69) is 24.7 Å². The maximum atomic E-state index is 12.9. The SMILES string of the molecule is CC(=O)OCOC(=O)N/C(N)=N/OCCNC(=O)Cn1c(C)ccc(NS(=O)(=O)c2cccc(C)c2)c1=O. The zero-order valence-electron chi connectivity index (χ0n) is 20.8. The maximum absolute atomic E-state index is 12.9. The van der Waals surface area contributed by atoms with Crippen molar-refractivity contribution < 1.29 is 37.1 Å². The molecule has 0 spiro atoms. The molecule has 0 atom stereocenters. The van der Waals surface area contributed by atoms with E-state index in [1.165, 1.54) is 24.3 Å². The fraction of sp³-hybridized carbons (Fsp3) is 0.318. The van der Waals surface area contributed by atoms with Gasteiger partial charge in [-0.2, -0.15) is 0 Å². The number of oxime groups is 1. The molecule has 2 amide bonds. The number of guanidine groups is 1. The molecule has 206 valence electrons. The van der Waals surface area contributed by atoms with Gasteiger partial charge in [0.1, 0.15) is 18.8 Å². The van der Waals surface area contributed by atoms with Crippen LogP contribution in [0.2, 0.25) is 0 Å². The number of benzene rings is 1. The lowest BCUT2D eigenvalue weighted by Gasteiger charge is -2.13. The summed E-state index contributed by atoms with van der Waals surface area (Å²) in [4.78, 5) is 52.0. The molecule has 0 bridgehead atoms. The van der Waals surface area contributed by atoms with Gasteiger partial charge < -0.3 is 29.9 Å². The van der Waals surface area contributed by atoms with Crippen molar-refractivity contribution in [3.63, 3.8) is 0 Å². The van der Waals surface area contributed by atoms with Gasteiger partial charge in [0.15, 0.2) is 0 Å². The Balaban J connectivity index is 1.88. The third kappa shape index (κ3) is 9.45. The smallest absolute Gasteiger partial charge is 0.416 e. The topological polar surface area (TPSA) is 210 Å². The van der Waals surface area contributed by atoms with Crippen LogP contribution in [-0.4, -0.2) is 56.9 Å². The first-order valence-corrected chi connectivity index (χ1v) is 12.5. The fourth-order valence-corrected chi connectivity index (χ4v) is 3.97. The van der Waals surface area contributed by atoms with E-state index in [-0.39, 0.29) is 30.3 Å². The second-order valence-electron chi connectivity index (χ2n) is 7.67. The van der Waals surface area contributed by atoms with Crippen LogP contribution in [0.1, 0.15) is 18.2 Å². The van der Waals surface area contributed by atoms with E-state index in [0.717, 1.165) is 17.1 Å². The number of alkyl carbamates (subject to hydrolysis) is 1. The first-order chi connectivity index (χ1) is 17.9. The highest BCUT2D eigenvalue weighted by molar-refractivity contribution is 7.92. The molecule has 1 heterocycles. The molecule has 1 aromatic carbocycles. The van der Waals surface area contributed by atoms with Crippen molar-refractivity contribution in [3.8, 4) is 0 Å². The number of hydrogen-bond donors (Lipinski definition) is 4. The minimum Gasteiger partial charge on any atom is -0.428 e. The number of rotatable bonds is 11. The predicted octanol–water partition coefficient (Wildman–Crippen LogP) is -0.125. The molecule has 0 aliphatic carbocycles. The number of hydrogen-bond acceptors (Lipinski definition) is 10. The van der Waals surface area contributed by atoms with E-state index in [9.17, 15) is 27.6 Å². The number of amides is 2. The minimum absolute atomic E-state index is 0.000783. The van der Waals surface area contributed by atoms with Gasteiger partial charge in [-0.3, -0.25) is 24.4 Å². The lowest BCUT2D eigenvalue weighted by Crippen LogP contribution is -2.38. The Bertz CT molecular complexity index is 1370. The third-order valence-electron chi connectivity index (χ3n) is 4.60. The molecule has 1 aromatic heterocycles. The molecule has 0 aliphatic heterocycles. The number of anilines is 1. The first kappa shape index (κ1) is 29.6. The van der Waals surface area contributed by atoms with Gasteiger partial charge in [0.05, 0.1) is 11.4 Å². The number of nitrogens with zero attached hydrogens (tertiary/aromatic N) is 2. The quantitative estimate of drug-likeness (QED) is 0.0725. The van der Waals surface area contributed by atoms with Gasteiger partial charge in [0.2, 0.25) is 18.7 Å². The molecule has 38 heavy (non-hydrogen) atoms. The Hall–Kier alpha value is -4.60. The van der Waals surface area contributed by atoms with Crippen LogP contribution in [0, 0.1) is 13.8 Å². The van der Waals surface area contributed by atoms with Crippen LogP contribution >= 0.6 is 0 Å². The molecule has 0 fully saturated rings. The number of aromatic nitrogens is 1. The lowest BCUT2D eigenvalue weighted by atomic mass is 10.2. The van der Waals surface area contributed by atoms with Crippen molar-refractivity contribution in [2.75, 3.05) is 24.7 Å². The van der Waals surface area contributed by atoms with Crippen LogP contribution in [-0.2, 0) is 40.5 Å². The zero-order valence-corrected chi connectivity index (χ0v) is 21.7. The average Bonchev–Trinajstić information content (AvgIpc) is 2.83. The first-order valence-electron chi connectivity index (χ1n) is 11.0. The summed E-state index contributed by atoms with van der Waals surface area (Å²) in [6.45, 7) is 3.32. The van der Waals surface area contributed by atoms with Crippen molar-refractivity contribution in [1.82, 2.24) is 15.2 Å². The largest absolute Gasteiger partial charge is 0.428 e. The molecule has 16 heteroatoms. The highest BCUT2D eigenvalue weighted by Gasteiger charge is 2.18. The fourth-order valence-electron chi connectivity index (χ4n) is 2.81.